The highest BCUT2D eigenvalue weighted by molar-refractivity contribution is 7.97. The quantitative estimate of drug-likeness (QED) is 0.227. The van der Waals surface area contributed by atoms with Gasteiger partial charge in [0.1, 0.15) is 5.82 Å². The maximum atomic E-state index is 14.0. The highest BCUT2D eigenvalue weighted by atomic mass is 32.2. The predicted molar refractivity (Wildman–Crippen MR) is 168 cm³/mol. The number of rotatable bonds is 7. The Balaban J connectivity index is 1.63. The van der Waals surface area contributed by atoms with E-state index in [2.05, 4.69) is 37.3 Å². The summed E-state index contributed by atoms with van der Waals surface area (Å²) in [7, 11) is 0. The summed E-state index contributed by atoms with van der Waals surface area (Å²) in [6.45, 7) is 8.18. The molecular weight excluding hydrogens is 544 g/mol. The monoisotopic (exact) mass is 578 g/mol. The topological polar surface area (TPSA) is 113 Å². The summed E-state index contributed by atoms with van der Waals surface area (Å²) in [6.07, 6.45) is 0.881. The Hall–Kier alpha value is -4.35. The molecule has 8 heteroatoms. The number of Topliss-reactive ketones (excluding diaryl/α,β-unsaturated/α-hetero) is 1. The third kappa shape index (κ3) is 5.57. The fourth-order valence-corrected chi connectivity index (χ4v) is 7.16. The first-order valence-corrected chi connectivity index (χ1v) is 15.1. The Morgan fingerprint density at radius 2 is 1.79 bits per heavy atom. The van der Waals surface area contributed by atoms with Crippen LogP contribution in [-0.2, 0) is 16.3 Å². The average Bonchev–Trinajstić information content (AvgIpc) is 2.93. The molecule has 7 nitrogen and oxygen atoms in total. The summed E-state index contributed by atoms with van der Waals surface area (Å²) in [6, 6.07) is 23.1. The van der Waals surface area contributed by atoms with Gasteiger partial charge < -0.3 is 5.73 Å². The van der Waals surface area contributed by atoms with Crippen LogP contribution in [0.4, 0.5) is 11.4 Å². The molecule has 214 valence electrons. The van der Waals surface area contributed by atoms with Crippen LogP contribution in [0, 0.1) is 40.7 Å². The summed E-state index contributed by atoms with van der Waals surface area (Å²) >= 11 is 1.82. The van der Waals surface area contributed by atoms with E-state index in [0.717, 1.165) is 33.8 Å². The van der Waals surface area contributed by atoms with E-state index in [0.29, 0.717) is 29.8 Å². The van der Waals surface area contributed by atoms with Crippen LogP contribution in [0.1, 0.15) is 60.4 Å². The van der Waals surface area contributed by atoms with Gasteiger partial charge >= 0.3 is 0 Å². The standard InChI is InChI=1S/C34H34N4O3S/c1-21-13-22(2)27(14-24(21)20-42-19-23-9-6-5-7-10-23)31-28(18-35)33(36)37(25-11-8-12-26(15-25)38(40)41)29-16-34(3,4)17-30(39)32(29)31/h5-15,31H,16-17,19-20,36H2,1-4H3. The molecule has 1 heterocycles. The maximum Gasteiger partial charge on any atom is 0.271 e. The third-order valence-electron chi connectivity index (χ3n) is 8.08. The van der Waals surface area contributed by atoms with Crippen molar-refractivity contribution in [3.63, 3.8) is 0 Å². The van der Waals surface area contributed by atoms with E-state index >= 15 is 0 Å². The van der Waals surface area contributed by atoms with Crippen molar-refractivity contribution < 1.29 is 9.72 Å². The number of anilines is 1. The Bertz CT molecular complexity index is 1680. The highest BCUT2D eigenvalue weighted by Gasteiger charge is 2.45. The minimum absolute atomic E-state index is 0.0260. The molecule has 0 spiro atoms. The molecule has 0 fully saturated rings. The molecule has 0 aromatic heterocycles. The molecule has 42 heavy (non-hydrogen) atoms. The van der Waals surface area contributed by atoms with Crippen LogP contribution in [0.25, 0.3) is 0 Å². The molecule has 0 radical (unpaired) electrons. The van der Waals surface area contributed by atoms with Crippen LogP contribution in [0.2, 0.25) is 0 Å². The number of hydrogen-bond acceptors (Lipinski definition) is 7. The molecule has 0 saturated heterocycles. The largest absolute Gasteiger partial charge is 0.384 e. The zero-order valence-electron chi connectivity index (χ0n) is 24.3. The fraction of sp³-hybridized carbons (Fsp3) is 0.294. The number of aryl methyl sites for hydroxylation is 2. The molecular formula is C34H34N4O3S. The van der Waals surface area contributed by atoms with Crippen LogP contribution < -0.4 is 10.6 Å². The van der Waals surface area contributed by atoms with Crippen LogP contribution in [-0.4, -0.2) is 10.7 Å². The highest BCUT2D eigenvalue weighted by Crippen LogP contribution is 2.51. The molecule has 1 aliphatic carbocycles. The van der Waals surface area contributed by atoms with Gasteiger partial charge in [-0.1, -0.05) is 62.4 Å². The number of nitrogens with zero attached hydrogens (tertiary/aromatic N) is 3. The first-order chi connectivity index (χ1) is 20.0. The molecule has 3 aromatic carbocycles. The second-order valence-corrected chi connectivity index (χ2v) is 12.9. The number of allylic oxidation sites excluding steroid dienone is 3. The van der Waals surface area contributed by atoms with Gasteiger partial charge in [0.2, 0.25) is 0 Å². The van der Waals surface area contributed by atoms with Gasteiger partial charge in [0.15, 0.2) is 5.78 Å². The lowest BCUT2D eigenvalue weighted by Gasteiger charge is -2.44. The van der Waals surface area contributed by atoms with Crippen molar-refractivity contribution in [1.29, 1.82) is 5.26 Å². The Morgan fingerprint density at radius 3 is 2.48 bits per heavy atom. The van der Waals surface area contributed by atoms with Crippen molar-refractivity contribution in [3.8, 4) is 6.07 Å². The molecule has 2 aliphatic rings. The number of hydrogen-bond donors (Lipinski definition) is 1. The number of nitrogens with two attached hydrogens (primary N) is 1. The average molecular weight is 579 g/mol. The third-order valence-corrected chi connectivity index (χ3v) is 9.14. The van der Waals surface area contributed by atoms with Gasteiger partial charge in [-0.05, 0) is 59.6 Å². The Kier molecular flexibility index (Phi) is 7.98. The minimum Gasteiger partial charge on any atom is -0.384 e. The summed E-state index contributed by atoms with van der Waals surface area (Å²) < 4.78 is 0. The number of thioether (sulfide) groups is 1. The first kappa shape index (κ1) is 29.2. The predicted octanol–water partition coefficient (Wildman–Crippen LogP) is 7.59. The Labute approximate surface area is 250 Å². The van der Waals surface area contributed by atoms with Gasteiger partial charge in [0.25, 0.3) is 5.69 Å². The molecule has 2 N–H and O–H groups in total. The van der Waals surface area contributed by atoms with Gasteiger partial charge in [0, 0.05) is 41.3 Å². The normalized spacial score (nSPS) is 18.1. The van der Waals surface area contributed by atoms with Gasteiger partial charge in [-0.2, -0.15) is 17.0 Å². The zero-order valence-corrected chi connectivity index (χ0v) is 25.1. The number of nitro groups is 1. The van der Waals surface area contributed by atoms with Crippen LogP contribution in [0.3, 0.4) is 0 Å². The van der Waals surface area contributed by atoms with E-state index in [1.165, 1.54) is 17.7 Å². The molecule has 0 amide bonds. The molecule has 3 aromatic rings. The molecule has 0 saturated carbocycles. The number of ketones is 1. The van der Waals surface area contributed by atoms with Crippen molar-refractivity contribution in [1.82, 2.24) is 0 Å². The zero-order chi connectivity index (χ0) is 30.2. The lowest BCUT2D eigenvalue weighted by molar-refractivity contribution is -0.384. The van der Waals surface area contributed by atoms with E-state index in [1.54, 1.807) is 17.0 Å². The van der Waals surface area contributed by atoms with E-state index < -0.39 is 10.8 Å². The number of nitriles is 1. The van der Waals surface area contributed by atoms with Gasteiger partial charge in [-0.15, -0.1) is 0 Å². The summed E-state index contributed by atoms with van der Waals surface area (Å²) in [5.74, 6) is 1.23. The van der Waals surface area contributed by atoms with E-state index in [4.69, 9.17) is 5.73 Å². The summed E-state index contributed by atoms with van der Waals surface area (Å²) in [4.78, 5) is 26.8. The number of benzene rings is 3. The lowest BCUT2D eigenvalue weighted by Crippen LogP contribution is -2.42. The number of nitro benzene ring substituents is 1. The second-order valence-electron chi connectivity index (χ2n) is 11.9. The SMILES string of the molecule is Cc1cc(C)c(C2C(C#N)=C(N)N(c3cccc([N+](=O)[O-])c3)C3=C2C(=O)CC(C)(C)C3)cc1CSCc1ccccc1. The maximum absolute atomic E-state index is 14.0. The number of non-ortho nitro benzene ring substituents is 1. The first-order valence-electron chi connectivity index (χ1n) is 13.9. The van der Waals surface area contributed by atoms with Crippen LogP contribution >= 0.6 is 11.8 Å². The van der Waals surface area contributed by atoms with Crippen LogP contribution in [0.5, 0.6) is 0 Å². The van der Waals surface area contributed by atoms with E-state index in [1.807, 2.05) is 50.7 Å². The molecule has 1 atom stereocenters. The second kappa shape index (κ2) is 11.5. The van der Waals surface area contributed by atoms with Crippen LogP contribution in [0.15, 0.2) is 89.4 Å². The van der Waals surface area contributed by atoms with Crippen molar-refractivity contribution in [3.05, 3.63) is 127 Å². The van der Waals surface area contributed by atoms with Gasteiger partial charge in [-0.25, -0.2) is 0 Å². The minimum atomic E-state index is -0.609. The van der Waals surface area contributed by atoms with Crippen molar-refractivity contribution in [2.75, 3.05) is 4.90 Å². The summed E-state index contributed by atoms with van der Waals surface area (Å²) in [5, 5.41) is 22.1. The number of carbonyl (C=O) groups excluding carboxylic acids is 1. The fourth-order valence-electron chi connectivity index (χ4n) is 6.10. The molecule has 1 aliphatic heterocycles. The van der Waals surface area contributed by atoms with Gasteiger partial charge in [-0.3, -0.25) is 19.8 Å². The Morgan fingerprint density at radius 1 is 1.05 bits per heavy atom. The summed E-state index contributed by atoms with van der Waals surface area (Å²) in [5.41, 5.74) is 13.8. The smallest absolute Gasteiger partial charge is 0.271 e. The van der Waals surface area contributed by atoms with Gasteiger partial charge in [0.05, 0.1) is 28.2 Å². The lowest BCUT2D eigenvalue weighted by atomic mass is 9.68. The van der Waals surface area contributed by atoms with E-state index in [-0.39, 0.29) is 28.3 Å². The molecule has 0 bridgehead atoms. The molecule has 5 rings (SSSR count). The number of carbonyl (C=O) groups is 1. The molecule has 1 unspecified atom stereocenters. The van der Waals surface area contributed by atoms with Crippen molar-refractivity contribution >= 4 is 28.9 Å². The van der Waals surface area contributed by atoms with Crippen molar-refractivity contribution in [2.24, 2.45) is 11.1 Å². The van der Waals surface area contributed by atoms with Crippen molar-refractivity contribution in [2.45, 2.75) is 58.0 Å². The van der Waals surface area contributed by atoms with E-state index in [9.17, 15) is 20.2 Å².